The van der Waals surface area contributed by atoms with Crippen molar-refractivity contribution in [3.8, 4) is 0 Å². The minimum atomic E-state index is 0.168. The SMILES string of the molecule is CCCNc1ncnc(N(CCO)C2CCCC2)c1CC. The average molecular weight is 292 g/mol. The molecule has 118 valence electrons. The minimum Gasteiger partial charge on any atom is -0.395 e. The summed E-state index contributed by atoms with van der Waals surface area (Å²) in [5, 5.41) is 12.8. The first-order valence-corrected chi connectivity index (χ1v) is 8.27. The van der Waals surface area contributed by atoms with Crippen molar-refractivity contribution in [3.05, 3.63) is 11.9 Å². The van der Waals surface area contributed by atoms with Gasteiger partial charge in [-0.3, -0.25) is 0 Å². The van der Waals surface area contributed by atoms with Gasteiger partial charge in [0.25, 0.3) is 0 Å². The summed E-state index contributed by atoms with van der Waals surface area (Å²) in [7, 11) is 0. The van der Waals surface area contributed by atoms with Crippen molar-refractivity contribution in [1.82, 2.24) is 9.97 Å². The van der Waals surface area contributed by atoms with Gasteiger partial charge in [0.05, 0.1) is 6.61 Å². The Hall–Kier alpha value is -1.36. The number of anilines is 2. The second kappa shape index (κ2) is 8.17. The lowest BCUT2D eigenvalue weighted by molar-refractivity contribution is 0.296. The molecule has 0 amide bonds. The van der Waals surface area contributed by atoms with Crippen LogP contribution >= 0.6 is 0 Å². The average Bonchev–Trinajstić information content (AvgIpc) is 3.04. The van der Waals surface area contributed by atoms with E-state index in [9.17, 15) is 5.11 Å². The third kappa shape index (κ3) is 3.84. The van der Waals surface area contributed by atoms with Gasteiger partial charge in [-0.1, -0.05) is 26.7 Å². The molecule has 1 aliphatic carbocycles. The number of aliphatic hydroxyl groups excluding tert-OH is 1. The number of aromatic nitrogens is 2. The maximum atomic E-state index is 9.43. The van der Waals surface area contributed by atoms with E-state index in [4.69, 9.17) is 0 Å². The summed E-state index contributed by atoms with van der Waals surface area (Å²) in [4.78, 5) is 11.2. The van der Waals surface area contributed by atoms with E-state index in [1.807, 2.05) is 0 Å². The van der Waals surface area contributed by atoms with E-state index < -0.39 is 0 Å². The first kappa shape index (κ1) is 16.0. The minimum absolute atomic E-state index is 0.168. The Kier molecular flexibility index (Phi) is 6.23. The molecule has 21 heavy (non-hydrogen) atoms. The molecule has 2 rings (SSSR count). The highest BCUT2D eigenvalue weighted by molar-refractivity contribution is 5.59. The molecule has 2 N–H and O–H groups in total. The van der Waals surface area contributed by atoms with Gasteiger partial charge in [-0.2, -0.15) is 0 Å². The largest absolute Gasteiger partial charge is 0.395 e. The van der Waals surface area contributed by atoms with Crippen LogP contribution in [0.3, 0.4) is 0 Å². The van der Waals surface area contributed by atoms with E-state index in [0.29, 0.717) is 12.6 Å². The fraction of sp³-hybridized carbons (Fsp3) is 0.750. The van der Waals surface area contributed by atoms with Crippen LogP contribution in [-0.2, 0) is 6.42 Å². The van der Waals surface area contributed by atoms with Crippen molar-refractivity contribution in [2.45, 2.75) is 58.4 Å². The van der Waals surface area contributed by atoms with Crippen molar-refractivity contribution < 1.29 is 5.11 Å². The Morgan fingerprint density at radius 3 is 2.67 bits per heavy atom. The number of hydrogen-bond donors (Lipinski definition) is 2. The maximum absolute atomic E-state index is 9.43. The number of nitrogens with zero attached hydrogens (tertiary/aromatic N) is 3. The maximum Gasteiger partial charge on any atom is 0.137 e. The van der Waals surface area contributed by atoms with E-state index >= 15 is 0 Å². The van der Waals surface area contributed by atoms with Crippen LogP contribution in [-0.4, -0.2) is 40.8 Å². The van der Waals surface area contributed by atoms with Crippen molar-refractivity contribution in [3.63, 3.8) is 0 Å². The van der Waals surface area contributed by atoms with Crippen molar-refractivity contribution in [2.24, 2.45) is 0 Å². The highest BCUT2D eigenvalue weighted by atomic mass is 16.3. The van der Waals surface area contributed by atoms with Crippen LogP contribution in [0.1, 0.15) is 51.5 Å². The van der Waals surface area contributed by atoms with Gasteiger partial charge in [0, 0.05) is 24.7 Å². The fourth-order valence-electron chi connectivity index (χ4n) is 3.16. The molecule has 0 bridgehead atoms. The number of nitrogens with one attached hydrogen (secondary N) is 1. The van der Waals surface area contributed by atoms with Gasteiger partial charge in [-0.25, -0.2) is 9.97 Å². The molecule has 0 unspecified atom stereocenters. The molecule has 1 fully saturated rings. The Morgan fingerprint density at radius 2 is 2.05 bits per heavy atom. The molecule has 1 aromatic rings. The molecule has 0 aromatic carbocycles. The number of rotatable bonds is 8. The van der Waals surface area contributed by atoms with Gasteiger partial charge in [-0.05, 0) is 25.7 Å². The van der Waals surface area contributed by atoms with Crippen LogP contribution in [0.2, 0.25) is 0 Å². The summed E-state index contributed by atoms with van der Waals surface area (Å²) in [6.45, 7) is 6.04. The second-order valence-corrected chi connectivity index (χ2v) is 5.66. The molecule has 1 saturated carbocycles. The van der Waals surface area contributed by atoms with E-state index in [2.05, 4.69) is 34.0 Å². The predicted octanol–water partition coefficient (Wildman–Crippen LogP) is 2.60. The normalized spacial score (nSPS) is 15.4. The summed E-state index contributed by atoms with van der Waals surface area (Å²) >= 11 is 0. The van der Waals surface area contributed by atoms with Crippen LogP contribution in [0.4, 0.5) is 11.6 Å². The van der Waals surface area contributed by atoms with Crippen LogP contribution in [0.15, 0.2) is 6.33 Å². The molecule has 0 atom stereocenters. The Morgan fingerprint density at radius 1 is 1.29 bits per heavy atom. The first-order valence-electron chi connectivity index (χ1n) is 8.27. The zero-order valence-corrected chi connectivity index (χ0v) is 13.3. The molecule has 1 heterocycles. The van der Waals surface area contributed by atoms with Crippen LogP contribution in [0.25, 0.3) is 0 Å². The van der Waals surface area contributed by atoms with Gasteiger partial charge in [-0.15, -0.1) is 0 Å². The van der Waals surface area contributed by atoms with E-state index in [1.54, 1.807) is 6.33 Å². The summed E-state index contributed by atoms with van der Waals surface area (Å²) in [5.74, 6) is 1.96. The zero-order chi connectivity index (χ0) is 15.1. The molecule has 5 heteroatoms. The predicted molar refractivity (Wildman–Crippen MR) is 86.9 cm³/mol. The molecule has 0 spiro atoms. The molecule has 5 nitrogen and oxygen atoms in total. The monoisotopic (exact) mass is 292 g/mol. The lowest BCUT2D eigenvalue weighted by Crippen LogP contribution is -2.37. The molecular formula is C16H28N4O. The molecular weight excluding hydrogens is 264 g/mol. The first-order chi connectivity index (χ1) is 10.3. The molecule has 0 radical (unpaired) electrons. The Labute approximate surface area is 127 Å². The highest BCUT2D eigenvalue weighted by Gasteiger charge is 2.26. The molecule has 1 aliphatic rings. The Balaban J connectivity index is 2.29. The van der Waals surface area contributed by atoms with E-state index in [1.165, 1.54) is 31.2 Å². The van der Waals surface area contributed by atoms with Crippen molar-refractivity contribution in [2.75, 3.05) is 29.9 Å². The topological polar surface area (TPSA) is 61.3 Å². The molecule has 1 aromatic heterocycles. The number of aliphatic hydroxyl groups is 1. The van der Waals surface area contributed by atoms with Crippen LogP contribution in [0, 0.1) is 0 Å². The van der Waals surface area contributed by atoms with Crippen molar-refractivity contribution in [1.29, 1.82) is 0 Å². The lowest BCUT2D eigenvalue weighted by atomic mass is 10.1. The third-order valence-electron chi connectivity index (χ3n) is 4.20. The smallest absolute Gasteiger partial charge is 0.137 e. The summed E-state index contributed by atoms with van der Waals surface area (Å²) < 4.78 is 0. The zero-order valence-electron chi connectivity index (χ0n) is 13.3. The van der Waals surface area contributed by atoms with Gasteiger partial charge in [0.2, 0.25) is 0 Å². The molecule has 0 saturated heterocycles. The van der Waals surface area contributed by atoms with Gasteiger partial charge in [0.1, 0.15) is 18.0 Å². The van der Waals surface area contributed by atoms with Gasteiger partial charge >= 0.3 is 0 Å². The summed E-state index contributed by atoms with van der Waals surface area (Å²) in [6.07, 6.45) is 8.57. The standard InChI is InChI=1S/C16H28N4O/c1-3-9-17-15-14(4-2)16(19-12-18-15)20(10-11-21)13-7-5-6-8-13/h12-13,21H,3-11H2,1-2H3,(H,17,18,19). The summed E-state index contributed by atoms with van der Waals surface area (Å²) in [6, 6.07) is 0.511. The Bertz CT molecular complexity index is 432. The van der Waals surface area contributed by atoms with Crippen molar-refractivity contribution >= 4 is 11.6 Å². The summed E-state index contributed by atoms with van der Waals surface area (Å²) in [5.41, 5.74) is 1.17. The lowest BCUT2D eigenvalue weighted by Gasteiger charge is -2.31. The number of hydrogen-bond acceptors (Lipinski definition) is 5. The van der Waals surface area contributed by atoms with Crippen LogP contribution in [0.5, 0.6) is 0 Å². The fourth-order valence-corrected chi connectivity index (χ4v) is 3.16. The van der Waals surface area contributed by atoms with Gasteiger partial charge < -0.3 is 15.3 Å². The van der Waals surface area contributed by atoms with Crippen LogP contribution < -0.4 is 10.2 Å². The second-order valence-electron chi connectivity index (χ2n) is 5.66. The van der Waals surface area contributed by atoms with E-state index in [0.717, 1.165) is 31.0 Å². The quantitative estimate of drug-likeness (QED) is 0.771. The van der Waals surface area contributed by atoms with E-state index in [-0.39, 0.29) is 6.61 Å². The highest BCUT2D eigenvalue weighted by Crippen LogP contribution is 2.31. The third-order valence-corrected chi connectivity index (χ3v) is 4.20. The van der Waals surface area contributed by atoms with Gasteiger partial charge in [0.15, 0.2) is 0 Å². The molecule has 0 aliphatic heterocycles.